The predicted octanol–water partition coefficient (Wildman–Crippen LogP) is 2.47. The van der Waals surface area contributed by atoms with Crippen LogP contribution in [-0.2, 0) is 10.0 Å². The monoisotopic (exact) mass is 369 g/mol. The average Bonchev–Trinajstić information content (AvgIpc) is 2.40. The molecule has 2 N–H and O–H groups in total. The number of anilines is 2. The van der Waals surface area contributed by atoms with E-state index in [1.54, 1.807) is 42.6 Å². The molecule has 110 valence electrons. The molecule has 0 radical (unpaired) electrons. The average molecular weight is 370 g/mol. The Bertz CT molecular complexity index is 778. The molecule has 0 spiro atoms. The van der Waals surface area contributed by atoms with Crippen molar-refractivity contribution in [3.63, 3.8) is 0 Å². The van der Waals surface area contributed by atoms with Gasteiger partial charge in [0.05, 0.1) is 23.2 Å². The molecule has 1 aromatic heterocycles. The Hall–Kier alpha value is -1.93. The standard InChI is InChI=1S/C13H12BrN3O3S/c1-21(19,20)17-11-7-3-2-6-10(11)16-13(18)9-5-4-8-15-12(9)14/h2-8,17H,1H3,(H,16,18). The Morgan fingerprint density at radius 1 is 1.14 bits per heavy atom. The van der Waals surface area contributed by atoms with Gasteiger partial charge in [-0.05, 0) is 40.2 Å². The molecule has 1 aromatic carbocycles. The number of halogens is 1. The van der Waals surface area contributed by atoms with Crippen LogP contribution in [0.2, 0.25) is 0 Å². The van der Waals surface area contributed by atoms with Crippen LogP contribution in [0.25, 0.3) is 0 Å². The molecule has 1 amide bonds. The number of para-hydroxylation sites is 2. The Labute approximate surface area is 130 Å². The number of hydrogen-bond acceptors (Lipinski definition) is 4. The smallest absolute Gasteiger partial charge is 0.258 e. The molecule has 0 saturated heterocycles. The maximum Gasteiger partial charge on any atom is 0.258 e. The van der Waals surface area contributed by atoms with Gasteiger partial charge in [0.2, 0.25) is 10.0 Å². The molecular weight excluding hydrogens is 358 g/mol. The molecule has 1 heterocycles. The van der Waals surface area contributed by atoms with Crippen LogP contribution >= 0.6 is 15.9 Å². The minimum Gasteiger partial charge on any atom is -0.320 e. The van der Waals surface area contributed by atoms with Gasteiger partial charge in [-0.3, -0.25) is 9.52 Å². The zero-order valence-corrected chi connectivity index (χ0v) is 13.4. The van der Waals surface area contributed by atoms with Gasteiger partial charge in [-0.1, -0.05) is 12.1 Å². The van der Waals surface area contributed by atoms with E-state index in [1.165, 1.54) is 0 Å². The van der Waals surface area contributed by atoms with Gasteiger partial charge >= 0.3 is 0 Å². The van der Waals surface area contributed by atoms with Crippen molar-refractivity contribution < 1.29 is 13.2 Å². The molecule has 0 aliphatic heterocycles. The van der Waals surface area contributed by atoms with E-state index in [9.17, 15) is 13.2 Å². The van der Waals surface area contributed by atoms with Crippen LogP contribution in [-0.4, -0.2) is 25.6 Å². The van der Waals surface area contributed by atoms with E-state index in [2.05, 4.69) is 31.0 Å². The number of amides is 1. The van der Waals surface area contributed by atoms with Gasteiger partial charge in [0.1, 0.15) is 4.60 Å². The summed E-state index contributed by atoms with van der Waals surface area (Å²) < 4.78 is 25.4. The number of sulfonamides is 1. The highest BCUT2D eigenvalue weighted by molar-refractivity contribution is 9.10. The third-order valence-electron chi connectivity index (χ3n) is 2.47. The van der Waals surface area contributed by atoms with E-state index in [-0.39, 0.29) is 0 Å². The Balaban J connectivity index is 2.28. The number of benzene rings is 1. The molecule has 6 nitrogen and oxygen atoms in total. The van der Waals surface area contributed by atoms with E-state index in [0.717, 1.165) is 6.26 Å². The van der Waals surface area contributed by atoms with E-state index in [4.69, 9.17) is 0 Å². The maximum atomic E-state index is 12.2. The van der Waals surface area contributed by atoms with E-state index >= 15 is 0 Å². The molecule has 0 unspecified atom stereocenters. The molecule has 0 bridgehead atoms. The van der Waals surface area contributed by atoms with Crippen LogP contribution in [0.15, 0.2) is 47.2 Å². The molecule has 0 aliphatic rings. The van der Waals surface area contributed by atoms with Gasteiger partial charge in [-0.2, -0.15) is 0 Å². The summed E-state index contributed by atoms with van der Waals surface area (Å²) in [6.07, 6.45) is 2.60. The van der Waals surface area contributed by atoms with E-state index in [1.807, 2.05) is 0 Å². The SMILES string of the molecule is CS(=O)(=O)Nc1ccccc1NC(=O)c1cccnc1Br. The summed E-state index contributed by atoms with van der Waals surface area (Å²) in [6, 6.07) is 9.79. The molecular formula is C13H12BrN3O3S. The van der Waals surface area contributed by atoms with Gasteiger partial charge in [0.25, 0.3) is 5.91 Å². The summed E-state index contributed by atoms with van der Waals surface area (Å²) in [5, 5.41) is 2.65. The highest BCUT2D eigenvalue weighted by Gasteiger charge is 2.13. The number of aromatic nitrogens is 1. The van der Waals surface area contributed by atoms with E-state index in [0.29, 0.717) is 21.5 Å². The molecule has 0 saturated carbocycles. The van der Waals surface area contributed by atoms with Crippen LogP contribution in [0.3, 0.4) is 0 Å². The highest BCUT2D eigenvalue weighted by Crippen LogP contribution is 2.23. The van der Waals surface area contributed by atoms with Crippen LogP contribution in [0, 0.1) is 0 Å². The summed E-state index contributed by atoms with van der Waals surface area (Å²) in [6.45, 7) is 0. The van der Waals surface area contributed by atoms with Crippen LogP contribution < -0.4 is 10.0 Å². The second-order valence-electron chi connectivity index (χ2n) is 4.22. The number of hydrogen-bond donors (Lipinski definition) is 2. The lowest BCUT2D eigenvalue weighted by Gasteiger charge is -2.12. The molecule has 0 atom stereocenters. The summed E-state index contributed by atoms with van der Waals surface area (Å²) in [5.74, 6) is -0.391. The largest absolute Gasteiger partial charge is 0.320 e. The molecule has 2 rings (SSSR count). The minimum absolute atomic E-state index is 0.299. The van der Waals surface area contributed by atoms with Crippen molar-refractivity contribution in [2.24, 2.45) is 0 Å². The van der Waals surface area contributed by atoms with Gasteiger partial charge in [-0.15, -0.1) is 0 Å². The first-order valence-electron chi connectivity index (χ1n) is 5.85. The van der Waals surface area contributed by atoms with Crippen LogP contribution in [0.1, 0.15) is 10.4 Å². The second-order valence-corrected chi connectivity index (χ2v) is 6.72. The van der Waals surface area contributed by atoms with Crippen molar-refractivity contribution in [3.8, 4) is 0 Å². The third-order valence-corrected chi connectivity index (χ3v) is 3.70. The first-order valence-corrected chi connectivity index (χ1v) is 8.54. The topological polar surface area (TPSA) is 88.2 Å². The molecule has 8 heteroatoms. The van der Waals surface area contributed by atoms with Crippen molar-refractivity contribution in [3.05, 3.63) is 52.8 Å². The number of rotatable bonds is 4. The normalized spacial score (nSPS) is 11.0. The lowest BCUT2D eigenvalue weighted by molar-refractivity contribution is 0.102. The first kappa shape index (κ1) is 15.5. The highest BCUT2D eigenvalue weighted by atomic mass is 79.9. The lowest BCUT2D eigenvalue weighted by Crippen LogP contribution is -2.16. The summed E-state index contributed by atoms with van der Waals surface area (Å²) in [7, 11) is -3.43. The quantitative estimate of drug-likeness (QED) is 0.810. The van der Waals surface area contributed by atoms with Crippen LogP contribution in [0.4, 0.5) is 11.4 Å². The number of nitrogens with zero attached hydrogens (tertiary/aromatic N) is 1. The summed E-state index contributed by atoms with van der Waals surface area (Å²) in [5.41, 5.74) is 1.02. The van der Waals surface area contributed by atoms with Gasteiger partial charge in [-0.25, -0.2) is 13.4 Å². The first-order chi connectivity index (χ1) is 9.87. The zero-order chi connectivity index (χ0) is 15.5. The van der Waals surface area contributed by atoms with Crippen molar-refractivity contribution >= 4 is 43.2 Å². The third kappa shape index (κ3) is 4.27. The summed E-state index contributed by atoms with van der Waals surface area (Å²) >= 11 is 3.19. The Morgan fingerprint density at radius 2 is 1.81 bits per heavy atom. The Morgan fingerprint density at radius 3 is 2.43 bits per heavy atom. The van der Waals surface area contributed by atoms with Crippen molar-refractivity contribution in [2.75, 3.05) is 16.3 Å². The minimum atomic E-state index is -3.43. The lowest BCUT2D eigenvalue weighted by atomic mass is 10.2. The molecule has 0 aliphatic carbocycles. The molecule has 21 heavy (non-hydrogen) atoms. The van der Waals surface area contributed by atoms with Crippen molar-refractivity contribution in [1.82, 2.24) is 4.98 Å². The van der Waals surface area contributed by atoms with Gasteiger partial charge in [0, 0.05) is 6.20 Å². The fourth-order valence-electron chi connectivity index (χ4n) is 1.63. The van der Waals surface area contributed by atoms with Crippen molar-refractivity contribution in [2.45, 2.75) is 0 Å². The fraction of sp³-hybridized carbons (Fsp3) is 0.0769. The van der Waals surface area contributed by atoms with E-state index < -0.39 is 15.9 Å². The number of carbonyl (C=O) groups excluding carboxylic acids is 1. The molecule has 2 aromatic rings. The maximum absolute atomic E-state index is 12.2. The number of pyridine rings is 1. The predicted molar refractivity (Wildman–Crippen MR) is 84.8 cm³/mol. The summed E-state index contributed by atoms with van der Waals surface area (Å²) in [4.78, 5) is 16.2. The zero-order valence-electron chi connectivity index (χ0n) is 11.0. The molecule has 0 fully saturated rings. The fourth-order valence-corrected chi connectivity index (χ4v) is 2.63. The number of nitrogens with one attached hydrogen (secondary N) is 2. The van der Waals surface area contributed by atoms with Gasteiger partial charge in [0.15, 0.2) is 0 Å². The second kappa shape index (κ2) is 6.23. The van der Waals surface area contributed by atoms with Gasteiger partial charge < -0.3 is 5.32 Å². The number of carbonyl (C=O) groups is 1. The van der Waals surface area contributed by atoms with Crippen molar-refractivity contribution in [1.29, 1.82) is 0 Å². The Kier molecular flexibility index (Phi) is 4.59. The van der Waals surface area contributed by atoms with Crippen LogP contribution in [0.5, 0.6) is 0 Å².